The molecule has 0 fully saturated rings. The van der Waals surface area contributed by atoms with Gasteiger partial charge in [0.05, 0.1) is 12.3 Å². The first kappa shape index (κ1) is 13.1. The van der Waals surface area contributed by atoms with Gasteiger partial charge in [-0.1, -0.05) is 13.3 Å². The Morgan fingerprint density at radius 3 is 2.81 bits per heavy atom. The number of rotatable bonds is 6. The summed E-state index contributed by atoms with van der Waals surface area (Å²) < 4.78 is 27.1. The zero-order valence-electron chi connectivity index (χ0n) is 9.42. The lowest BCUT2D eigenvalue weighted by Gasteiger charge is -2.11. The van der Waals surface area contributed by atoms with E-state index in [4.69, 9.17) is 0 Å². The molecule has 1 aromatic heterocycles. The fourth-order valence-electron chi connectivity index (χ4n) is 1.34. The molecule has 0 saturated carbocycles. The molecule has 2 N–H and O–H groups in total. The van der Waals surface area contributed by atoms with Crippen molar-refractivity contribution in [2.24, 2.45) is 7.05 Å². The van der Waals surface area contributed by atoms with E-state index in [-0.39, 0.29) is 11.6 Å². The van der Waals surface area contributed by atoms with E-state index in [0.717, 1.165) is 6.42 Å². The molecule has 1 aromatic rings. The predicted octanol–water partition coefficient (Wildman–Crippen LogP) is -0.141. The largest absolute Gasteiger partial charge is 0.392 e. The Morgan fingerprint density at radius 1 is 1.62 bits per heavy atom. The molecule has 6 nitrogen and oxygen atoms in total. The first-order valence-corrected chi connectivity index (χ1v) is 6.61. The maximum Gasteiger partial charge on any atom is 0.257 e. The Morgan fingerprint density at radius 2 is 2.31 bits per heavy atom. The van der Waals surface area contributed by atoms with Gasteiger partial charge in [-0.05, 0) is 12.5 Å². The molecule has 92 valence electrons. The molecule has 1 heterocycles. The van der Waals surface area contributed by atoms with Gasteiger partial charge in [-0.25, -0.2) is 13.1 Å². The number of aryl methyl sites for hydroxylation is 1. The molecule has 0 saturated heterocycles. The monoisotopic (exact) mass is 247 g/mol. The van der Waals surface area contributed by atoms with Crippen LogP contribution in [0, 0.1) is 0 Å². The van der Waals surface area contributed by atoms with Crippen molar-refractivity contribution in [2.75, 3.05) is 6.54 Å². The SMILES string of the molecule is CCCC(O)CNS(=O)(=O)c1ccnn1C. The molecule has 0 aliphatic carbocycles. The van der Waals surface area contributed by atoms with Crippen molar-refractivity contribution in [3.05, 3.63) is 12.3 Å². The van der Waals surface area contributed by atoms with Gasteiger partial charge in [0, 0.05) is 13.6 Å². The lowest BCUT2D eigenvalue weighted by atomic mass is 10.2. The maximum absolute atomic E-state index is 11.7. The number of nitrogens with zero attached hydrogens (tertiary/aromatic N) is 2. The smallest absolute Gasteiger partial charge is 0.257 e. The average Bonchev–Trinajstić information content (AvgIpc) is 2.63. The van der Waals surface area contributed by atoms with Crippen molar-refractivity contribution < 1.29 is 13.5 Å². The maximum atomic E-state index is 11.7. The summed E-state index contributed by atoms with van der Waals surface area (Å²) in [6, 6.07) is 1.41. The van der Waals surface area contributed by atoms with E-state index in [1.54, 1.807) is 7.05 Å². The molecule has 0 amide bonds. The van der Waals surface area contributed by atoms with Crippen molar-refractivity contribution in [1.29, 1.82) is 0 Å². The minimum absolute atomic E-state index is 0.0291. The molecule has 0 radical (unpaired) electrons. The van der Waals surface area contributed by atoms with E-state index in [1.807, 2.05) is 6.92 Å². The normalized spacial score (nSPS) is 13.9. The first-order valence-electron chi connectivity index (χ1n) is 5.13. The second-order valence-corrected chi connectivity index (χ2v) is 5.30. The summed E-state index contributed by atoms with van der Waals surface area (Å²) in [6.07, 6.45) is 2.16. The average molecular weight is 247 g/mol. The Bertz CT molecular complexity index is 427. The van der Waals surface area contributed by atoms with Crippen molar-refractivity contribution in [1.82, 2.24) is 14.5 Å². The van der Waals surface area contributed by atoms with Gasteiger partial charge in [0.25, 0.3) is 10.0 Å². The lowest BCUT2D eigenvalue weighted by Crippen LogP contribution is -2.33. The van der Waals surface area contributed by atoms with Gasteiger partial charge in [-0.2, -0.15) is 5.10 Å². The highest BCUT2D eigenvalue weighted by molar-refractivity contribution is 7.89. The van der Waals surface area contributed by atoms with Crippen LogP contribution < -0.4 is 4.72 Å². The molecule has 0 bridgehead atoms. The summed E-state index contributed by atoms with van der Waals surface area (Å²) in [5.41, 5.74) is 0. The van der Waals surface area contributed by atoms with Gasteiger partial charge in [0.1, 0.15) is 0 Å². The van der Waals surface area contributed by atoms with Gasteiger partial charge in [-0.3, -0.25) is 4.68 Å². The number of sulfonamides is 1. The van der Waals surface area contributed by atoms with Gasteiger partial charge in [0.15, 0.2) is 5.03 Å². The van der Waals surface area contributed by atoms with Crippen LogP contribution in [0.2, 0.25) is 0 Å². The first-order chi connectivity index (χ1) is 7.47. The standard InChI is InChI=1S/C9H17N3O3S/c1-3-4-8(13)7-11-16(14,15)9-5-6-10-12(9)2/h5-6,8,11,13H,3-4,7H2,1-2H3. The third kappa shape index (κ3) is 3.29. The summed E-state index contributed by atoms with van der Waals surface area (Å²) >= 11 is 0. The molecule has 1 unspecified atom stereocenters. The van der Waals surface area contributed by atoms with Crippen LogP contribution in [0.3, 0.4) is 0 Å². The van der Waals surface area contributed by atoms with E-state index in [2.05, 4.69) is 9.82 Å². The number of hydrogen-bond acceptors (Lipinski definition) is 4. The van der Waals surface area contributed by atoms with E-state index < -0.39 is 16.1 Å². The van der Waals surface area contributed by atoms with E-state index in [0.29, 0.717) is 6.42 Å². The summed E-state index contributed by atoms with van der Waals surface area (Å²) in [6.45, 7) is 1.96. The fraction of sp³-hybridized carbons (Fsp3) is 0.667. The summed E-state index contributed by atoms with van der Waals surface area (Å²) in [7, 11) is -2.02. The molecule has 1 atom stereocenters. The second-order valence-electron chi connectivity index (χ2n) is 3.59. The molecular formula is C9H17N3O3S. The van der Waals surface area contributed by atoms with Crippen LogP contribution in [0.1, 0.15) is 19.8 Å². The number of aliphatic hydroxyl groups excluding tert-OH is 1. The quantitative estimate of drug-likeness (QED) is 0.732. The van der Waals surface area contributed by atoms with Crippen LogP contribution in [-0.4, -0.2) is 36.0 Å². The molecule has 0 spiro atoms. The minimum Gasteiger partial charge on any atom is -0.392 e. The van der Waals surface area contributed by atoms with Crippen LogP contribution in [0.25, 0.3) is 0 Å². The van der Waals surface area contributed by atoms with Crippen LogP contribution in [-0.2, 0) is 17.1 Å². The summed E-state index contributed by atoms with van der Waals surface area (Å²) in [4.78, 5) is 0. The molecule has 7 heteroatoms. The second kappa shape index (κ2) is 5.42. The molecule has 0 aliphatic heterocycles. The Kier molecular flexibility index (Phi) is 4.45. The highest BCUT2D eigenvalue weighted by Crippen LogP contribution is 2.06. The van der Waals surface area contributed by atoms with E-state index in [1.165, 1.54) is 16.9 Å². The van der Waals surface area contributed by atoms with Crippen LogP contribution in [0.4, 0.5) is 0 Å². The minimum atomic E-state index is -3.57. The van der Waals surface area contributed by atoms with Crippen molar-refractivity contribution in [3.63, 3.8) is 0 Å². The van der Waals surface area contributed by atoms with E-state index in [9.17, 15) is 13.5 Å². The molecule has 0 aliphatic rings. The summed E-state index contributed by atoms with van der Waals surface area (Å²) in [5, 5.41) is 13.3. The van der Waals surface area contributed by atoms with Gasteiger partial charge < -0.3 is 5.11 Å². The van der Waals surface area contributed by atoms with E-state index >= 15 is 0 Å². The zero-order chi connectivity index (χ0) is 12.2. The molecule has 0 aromatic carbocycles. The number of aliphatic hydroxyl groups is 1. The van der Waals surface area contributed by atoms with Crippen molar-refractivity contribution in [3.8, 4) is 0 Å². The van der Waals surface area contributed by atoms with Gasteiger partial charge in [0.2, 0.25) is 0 Å². The number of aromatic nitrogens is 2. The van der Waals surface area contributed by atoms with Crippen LogP contribution in [0.15, 0.2) is 17.3 Å². The predicted molar refractivity (Wildman–Crippen MR) is 59.3 cm³/mol. The third-order valence-corrected chi connectivity index (χ3v) is 3.68. The number of nitrogens with one attached hydrogen (secondary N) is 1. The molecule has 1 rings (SSSR count). The molecular weight excluding hydrogens is 230 g/mol. The Balaban J connectivity index is 2.63. The van der Waals surface area contributed by atoms with Crippen molar-refractivity contribution in [2.45, 2.75) is 30.9 Å². The van der Waals surface area contributed by atoms with Crippen LogP contribution in [0.5, 0.6) is 0 Å². The van der Waals surface area contributed by atoms with Crippen LogP contribution >= 0.6 is 0 Å². The summed E-state index contributed by atoms with van der Waals surface area (Å²) in [5.74, 6) is 0. The highest BCUT2D eigenvalue weighted by atomic mass is 32.2. The zero-order valence-corrected chi connectivity index (χ0v) is 10.2. The fourth-order valence-corrected chi connectivity index (χ4v) is 2.54. The highest BCUT2D eigenvalue weighted by Gasteiger charge is 2.18. The third-order valence-electron chi connectivity index (χ3n) is 2.18. The lowest BCUT2D eigenvalue weighted by molar-refractivity contribution is 0.167. The topological polar surface area (TPSA) is 84.2 Å². The van der Waals surface area contributed by atoms with Gasteiger partial charge >= 0.3 is 0 Å². The number of hydrogen-bond donors (Lipinski definition) is 2. The van der Waals surface area contributed by atoms with Gasteiger partial charge in [-0.15, -0.1) is 0 Å². The Labute approximate surface area is 95.3 Å². The van der Waals surface area contributed by atoms with Crippen molar-refractivity contribution >= 4 is 10.0 Å². The molecule has 16 heavy (non-hydrogen) atoms. The Hall–Kier alpha value is -0.920.